The van der Waals surface area contributed by atoms with Crippen LogP contribution < -0.4 is 25.8 Å². The number of piperidine rings is 1. The SMILES string of the molecule is COc1ccc(OC2CCN(c3cc(C4CC(N)C4)nc(N)n3)CC2)cc1.Cl.Cl. The smallest absolute Gasteiger partial charge is 0.222 e. The van der Waals surface area contributed by atoms with Crippen LogP contribution >= 0.6 is 24.8 Å². The summed E-state index contributed by atoms with van der Waals surface area (Å²) in [5, 5.41) is 0. The van der Waals surface area contributed by atoms with Crippen LogP contribution in [0.25, 0.3) is 0 Å². The van der Waals surface area contributed by atoms with Crippen molar-refractivity contribution in [3.05, 3.63) is 36.0 Å². The zero-order valence-electron chi connectivity index (χ0n) is 16.5. The fourth-order valence-electron chi connectivity index (χ4n) is 3.80. The first kappa shape index (κ1) is 23.3. The maximum Gasteiger partial charge on any atom is 0.222 e. The third kappa shape index (κ3) is 5.56. The highest BCUT2D eigenvalue weighted by atomic mass is 35.5. The van der Waals surface area contributed by atoms with Gasteiger partial charge < -0.3 is 25.8 Å². The van der Waals surface area contributed by atoms with E-state index >= 15 is 0 Å². The van der Waals surface area contributed by atoms with Crippen molar-refractivity contribution in [2.75, 3.05) is 30.8 Å². The average molecular weight is 442 g/mol. The molecule has 1 aromatic heterocycles. The Bertz CT molecular complexity index is 779. The molecule has 0 radical (unpaired) electrons. The highest BCUT2D eigenvalue weighted by molar-refractivity contribution is 5.85. The predicted octanol–water partition coefficient (Wildman–Crippen LogP) is 3.16. The second kappa shape index (κ2) is 10.2. The van der Waals surface area contributed by atoms with E-state index in [0.29, 0.717) is 17.9 Å². The molecule has 9 heteroatoms. The molecule has 0 amide bonds. The van der Waals surface area contributed by atoms with E-state index in [1.807, 2.05) is 24.3 Å². The second-order valence-electron chi connectivity index (χ2n) is 7.42. The van der Waals surface area contributed by atoms with E-state index in [1.165, 1.54) is 0 Å². The first-order valence-electron chi connectivity index (χ1n) is 9.56. The quantitative estimate of drug-likeness (QED) is 0.734. The van der Waals surface area contributed by atoms with Crippen LogP contribution in [-0.2, 0) is 0 Å². The van der Waals surface area contributed by atoms with Gasteiger partial charge in [0.25, 0.3) is 0 Å². The van der Waals surface area contributed by atoms with Crippen molar-refractivity contribution in [1.82, 2.24) is 9.97 Å². The minimum atomic E-state index is 0. The lowest BCUT2D eigenvalue weighted by Crippen LogP contribution is -2.39. The van der Waals surface area contributed by atoms with Gasteiger partial charge in [0.15, 0.2) is 0 Å². The number of rotatable bonds is 5. The normalized spacial score (nSPS) is 21.4. The lowest BCUT2D eigenvalue weighted by molar-refractivity contribution is 0.170. The Kier molecular flexibility index (Phi) is 8.19. The van der Waals surface area contributed by atoms with Crippen molar-refractivity contribution < 1.29 is 9.47 Å². The van der Waals surface area contributed by atoms with Gasteiger partial charge in [-0.15, -0.1) is 24.8 Å². The van der Waals surface area contributed by atoms with Crippen LogP contribution in [0.15, 0.2) is 30.3 Å². The maximum atomic E-state index is 6.11. The number of ether oxygens (including phenoxy) is 2. The van der Waals surface area contributed by atoms with Crippen molar-refractivity contribution in [1.29, 1.82) is 0 Å². The molecule has 0 unspecified atom stereocenters. The summed E-state index contributed by atoms with van der Waals surface area (Å²) in [5.41, 5.74) is 12.9. The molecule has 7 nitrogen and oxygen atoms in total. The van der Waals surface area contributed by atoms with Crippen LogP contribution in [0.1, 0.15) is 37.3 Å². The summed E-state index contributed by atoms with van der Waals surface area (Å²) < 4.78 is 11.3. The fraction of sp³-hybridized carbons (Fsp3) is 0.500. The van der Waals surface area contributed by atoms with Crippen LogP contribution in [0, 0.1) is 0 Å². The largest absolute Gasteiger partial charge is 0.497 e. The Morgan fingerprint density at radius 3 is 2.21 bits per heavy atom. The van der Waals surface area contributed by atoms with E-state index in [-0.39, 0.29) is 30.9 Å². The molecule has 2 aliphatic rings. The molecule has 0 bridgehead atoms. The molecule has 160 valence electrons. The zero-order valence-corrected chi connectivity index (χ0v) is 18.1. The van der Waals surface area contributed by atoms with Gasteiger partial charge in [-0.3, -0.25) is 0 Å². The number of aromatic nitrogens is 2. The van der Waals surface area contributed by atoms with Crippen molar-refractivity contribution in [2.45, 2.75) is 43.7 Å². The summed E-state index contributed by atoms with van der Waals surface area (Å²) in [6.45, 7) is 1.78. The molecule has 1 aromatic carbocycles. The Hall–Kier alpha value is -1.96. The maximum absolute atomic E-state index is 6.11. The summed E-state index contributed by atoms with van der Waals surface area (Å²) in [7, 11) is 1.66. The molecular formula is C20H29Cl2N5O2. The minimum absolute atomic E-state index is 0. The van der Waals surface area contributed by atoms with Crippen LogP contribution in [0.2, 0.25) is 0 Å². The number of benzene rings is 1. The number of halogens is 2. The second-order valence-corrected chi connectivity index (χ2v) is 7.42. The average Bonchev–Trinajstić information content (AvgIpc) is 2.66. The van der Waals surface area contributed by atoms with E-state index in [1.54, 1.807) is 7.11 Å². The van der Waals surface area contributed by atoms with Gasteiger partial charge >= 0.3 is 0 Å². The number of methoxy groups -OCH3 is 1. The molecule has 4 rings (SSSR count). The summed E-state index contributed by atoms with van der Waals surface area (Å²) in [5.74, 6) is 3.39. The molecule has 1 saturated carbocycles. The molecular weight excluding hydrogens is 413 g/mol. The number of nitrogens with two attached hydrogens (primary N) is 2. The Morgan fingerprint density at radius 2 is 1.62 bits per heavy atom. The van der Waals surface area contributed by atoms with Crippen molar-refractivity contribution in [3.8, 4) is 11.5 Å². The van der Waals surface area contributed by atoms with Crippen LogP contribution in [0.5, 0.6) is 11.5 Å². The summed E-state index contributed by atoms with van der Waals surface area (Å²) >= 11 is 0. The van der Waals surface area contributed by atoms with Crippen molar-refractivity contribution in [2.24, 2.45) is 5.73 Å². The molecule has 1 aliphatic heterocycles. The van der Waals surface area contributed by atoms with E-state index < -0.39 is 0 Å². The number of anilines is 2. The molecule has 0 spiro atoms. The van der Waals surface area contributed by atoms with Gasteiger partial charge in [0.2, 0.25) is 5.95 Å². The van der Waals surface area contributed by atoms with E-state index in [9.17, 15) is 0 Å². The van der Waals surface area contributed by atoms with E-state index in [2.05, 4.69) is 20.9 Å². The fourth-order valence-corrected chi connectivity index (χ4v) is 3.80. The van der Waals surface area contributed by atoms with Crippen LogP contribution in [0.3, 0.4) is 0 Å². The number of hydrogen-bond donors (Lipinski definition) is 2. The van der Waals surface area contributed by atoms with Crippen molar-refractivity contribution >= 4 is 36.6 Å². The van der Waals surface area contributed by atoms with Crippen LogP contribution in [0.4, 0.5) is 11.8 Å². The first-order valence-corrected chi connectivity index (χ1v) is 9.56. The molecule has 1 saturated heterocycles. The van der Waals surface area contributed by atoms with E-state index in [4.69, 9.17) is 20.9 Å². The molecule has 0 atom stereocenters. The zero-order chi connectivity index (χ0) is 18.8. The first-order chi connectivity index (χ1) is 13.1. The lowest BCUT2D eigenvalue weighted by Gasteiger charge is -2.35. The van der Waals surface area contributed by atoms with Gasteiger partial charge in [-0.2, -0.15) is 4.98 Å². The van der Waals surface area contributed by atoms with Gasteiger partial charge in [0.1, 0.15) is 23.4 Å². The Balaban J connectivity index is 0.00000150. The summed E-state index contributed by atoms with van der Waals surface area (Å²) in [4.78, 5) is 11.1. The van der Waals surface area contributed by atoms with Crippen molar-refractivity contribution in [3.63, 3.8) is 0 Å². The molecule has 1 aliphatic carbocycles. The number of hydrogen-bond acceptors (Lipinski definition) is 7. The van der Waals surface area contributed by atoms with Gasteiger partial charge in [-0.25, -0.2) is 4.98 Å². The van der Waals surface area contributed by atoms with Gasteiger partial charge in [0, 0.05) is 44.0 Å². The Morgan fingerprint density at radius 1 is 1.00 bits per heavy atom. The van der Waals surface area contributed by atoms with Gasteiger partial charge in [-0.1, -0.05) is 0 Å². The standard InChI is InChI=1S/C20H27N5O2.2ClH/c1-26-15-2-4-16(5-3-15)27-17-6-8-25(9-7-17)19-12-18(23-20(22)24-19)13-10-14(21)11-13;;/h2-5,12-14,17H,6-11,21H2,1H3,(H2,22,23,24);2*1H. The molecule has 4 N–H and O–H groups in total. The topological polar surface area (TPSA) is 99.5 Å². The number of nitrogen functional groups attached to an aromatic ring is 1. The monoisotopic (exact) mass is 441 g/mol. The third-order valence-electron chi connectivity index (χ3n) is 5.47. The lowest BCUT2D eigenvalue weighted by atomic mass is 9.78. The molecule has 2 fully saturated rings. The Labute approximate surface area is 184 Å². The summed E-state index contributed by atoms with van der Waals surface area (Å²) in [6, 6.07) is 10.1. The summed E-state index contributed by atoms with van der Waals surface area (Å²) in [6.07, 6.45) is 4.05. The van der Waals surface area contributed by atoms with Gasteiger partial charge in [0.05, 0.1) is 12.8 Å². The predicted molar refractivity (Wildman–Crippen MR) is 120 cm³/mol. The third-order valence-corrected chi connectivity index (χ3v) is 5.47. The van der Waals surface area contributed by atoms with Crippen LogP contribution in [-0.4, -0.2) is 42.3 Å². The van der Waals surface area contributed by atoms with Gasteiger partial charge in [-0.05, 0) is 37.1 Å². The highest BCUT2D eigenvalue weighted by Gasteiger charge is 2.30. The molecule has 2 heterocycles. The molecule has 29 heavy (non-hydrogen) atoms. The number of nitrogens with zero attached hydrogens (tertiary/aromatic N) is 3. The van der Waals surface area contributed by atoms with E-state index in [0.717, 1.165) is 61.8 Å². The molecule has 2 aromatic rings. The minimum Gasteiger partial charge on any atom is -0.497 e. The highest BCUT2D eigenvalue weighted by Crippen LogP contribution is 2.36.